The van der Waals surface area contributed by atoms with E-state index < -0.39 is 0 Å². The molecule has 1 atom stereocenters. The van der Waals surface area contributed by atoms with Crippen LogP contribution in [0.3, 0.4) is 0 Å². The van der Waals surface area contributed by atoms with Gasteiger partial charge in [-0.1, -0.05) is 18.2 Å². The lowest BCUT2D eigenvalue weighted by molar-refractivity contribution is -0.104. The highest BCUT2D eigenvalue weighted by molar-refractivity contribution is 5.94. The number of β-amino-alcohol motifs (C(OH)–C–C–N with tert-alkyl or cyclic N) is 1. The lowest BCUT2D eigenvalue weighted by atomic mass is 10.1. The van der Waals surface area contributed by atoms with Crippen molar-refractivity contribution in [3.63, 3.8) is 0 Å². The molecule has 0 radical (unpaired) electrons. The van der Waals surface area contributed by atoms with E-state index in [2.05, 4.69) is 60.7 Å². The maximum absolute atomic E-state index is 13.6. The fourth-order valence-electron chi connectivity index (χ4n) is 5.45. The molecule has 5 aromatic rings. The number of hydrogen-bond donors (Lipinski definition) is 4. The second-order valence-electron chi connectivity index (χ2n) is 10.6. The summed E-state index contributed by atoms with van der Waals surface area (Å²) in [4.78, 5) is 11.3. The summed E-state index contributed by atoms with van der Waals surface area (Å²) in [5.74, 6) is 0.428. The molecule has 0 saturated carbocycles. The summed E-state index contributed by atoms with van der Waals surface area (Å²) in [7, 11) is 0. The predicted octanol–water partition coefficient (Wildman–Crippen LogP) is 3.46. The quantitative estimate of drug-likeness (QED) is 0.177. The number of aliphatic hydroxyl groups is 1. The van der Waals surface area contributed by atoms with Crippen molar-refractivity contribution in [2.45, 2.75) is 19.2 Å². The van der Waals surface area contributed by atoms with Gasteiger partial charge in [-0.15, -0.1) is 0 Å². The molecule has 0 bridgehead atoms. The number of nitrogens with zero attached hydrogens (tertiary/aromatic N) is 4. The molecule has 1 aliphatic heterocycles. The van der Waals surface area contributed by atoms with Crippen molar-refractivity contribution in [3.05, 3.63) is 102 Å². The van der Waals surface area contributed by atoms with Gasteiger partial charge in [0.05, 0.1) is 30.4 Å². The number of fused-ring (bicyclic) bond motifs is 1. The second-order valence-corrected chi connectivity index (χ2v) is 10.6. The second kappa shape index (κ2) is 13.1. The Morgan fingerprint density at radius 3 is 2.86 bits per heavy atom. The van der Waals surface area contributed by atoms with Crippen LogP contribution in [0.2, 0.25) is 0 Å². The molecule has 1 unspecified atom stereocenters. The first-order valence-electron chi connectivity index (χ1n) is 14.4. The van der Waals surface area contributed by atoms with Crippen LogP contribution in [0.5, 0.6) is 0 Å². The number of aromatic nitrogens is 3. The van der Waals surface area contributed by atoms with Crippen LogP contribution in [0, 0.1) is 5.82 Å². The number of halogens is 1. The van der Waals surface area contributed by atoms with Crippen molar-refractivity contribution in [1.82, 2.24) is 19.4 Å². The van der Waals surface area contributed by atoms with Gasteiger partial charge in [-0.05, 0) is 65.2 Å². The molecule has 1 fully saturated rings. The highest BCUT2D eigenvalue weighted by atomic mass is 19.1. The number of aliphatic hydroxyl groups excluding tert-OH is 1. The van der Waals surface area contributed by atoms with Crippen molar-refractivity contribution >= 4 is 34.3 Å². The van der Waals surface area contributed by atoms with E-state index in [0.717, 1.165) is 64.2 Å². The van der Waals surface area contributed by atoms with Crippen molar-refractivity contribution in [2.24, 2.45) is 0 Å². The zero-order valence-corrected chi connectivity index (χ0v) is 23.8. The summed E-state index contributed by atoms with van der Waals surface area (Å²) in [6, 6.07) is 20.6. The molecule has 6 rings (SSSR count). The topological polar surface area (TPSA) is 113 Å². The molecular formula is C33H35FN7O2+. The Kier molecular flexibility index (Phi) is 8.69. The normalized spacial score (nSPS) is 15.4. The Morgan fingerprint density at radius 1 is 1.07 bits per heavy atom. The summed E-state index contributed by atoms with van der Waals surface area (Å²) in [6.45, 7) is 4.41. The fraction of sp³-hybridized carbons (Fsp3) is 0.242. The van der Waals surface area contributed by atoms with Crippen molar-refractivity contribution < 1.29 is 19.6 Å². The highest BCUT2D eigenvalue weighted by Crippen LogP contribution is 2.30. The van der Waals surface area contributed by atoms with E-state index in [9.17, 15) is 9.50 Å². The maximum atomic E-state index is 13.6. The van der Waals surface area contributed by atoms with Gasteiger partial charge in [-0.2, -0.15) is 0 Å². The largest absolute Gasteiger partial charge is 0.395 e. The Labute approximate surface area is 249 Å². The Hall–Kier alpha value is -4.64. The van der Waals surface area contributed by atoms with Crippen LogP contribution in [0.15, 0.2) is 85.5 Å². The van der Waals surface area contributed by atoms with Crippen molar-refractivity contribution in [1.29, 1.82) is 0 Å². The van der Waals surface area contributed by atoms with Gasteiger partial charge in [0.25, 0.3) is 0 Å². The minimum atomic E-state index is -0.261. The van der Waals surface area contributed by atoms with Gasteiger partial charge in [0, 0.05) is 61.9 Å². The molecule has 1 saturated heterocycles. The van der Waals surface area contributed by atoms with Crippen LogP contribution in [0.4, 0.5) is 21.6 Å². The van der Waals surface area contributed by atoms with Gasteiger partial charge < -0.3 is 25.0 Å². The maximum Gasteiger partial charge on any atom is 0.169 e. The van der Waals surface area contributed by atoms with Crippen LogP contribution >= 0.6 is 0 Å². The molecule has 0 aliphatic carbocycles. The van der Waals surface area contributed by atoms with Gasteiger partial charge in [-0.25, -0.2) is 14.4 Å². The van der Waals surface area contributed by atoms with Crippen molar-refractivity contribution in [2.75, 3.05) is 43.5 Å². The Bertz CT molecular complexity index is 1720. The summed E-state index contributed by atoms with van der Waals surface area (Å²) < 4.78 is 21.7. The number of benzene rings is 3. The van der Waals surface area contributed by atoms with Crippen LogP contribution in [-0.4, -0.2) is 69.7 Å². The molecule has 9 nitrogen and oxygen atoms in total. The molecule has 10 heteroatoms. The van der Waals surface area contributed by atoms with E-state index in [-0.39, 0.29) is 18.5 Å². The van der Waals surface area contributed by atoms with Crippen LogP contribution in [0.25, 0.3) is 22.0 Å². The number of morpholine rings is 1. The van der Waals surface area contributed by atoms with Crippen LogP contribution < -0.4 is 16.0 Å². The van der Waals surface area contributed by atoms with Gasteiger partial charge in [0.2, 0.25) is 0 Å². The van der Waals surface area contributed by atoms with E-state index >= 15 is 0 Å². The standard InChI is InChI=1S/C33H34FN7O2/c34-27-3-1-2-23(14-27)18-36-31-7-5-28(15-26(31)17-35)39-33-30-16-24(4-6-32(30)37-22-38-33)25-8-9-41(19-25)21-29-20-40(10-12-42)11-13-43-29/h1-9,14-17,19,22,29,35-36,42H,10-13,18,20-21H2,(H,37,38,39)/p+1. The smallest absolute Gasteiger partial charge is 0.169 e. The number of hydrogen-bond acceptors (Lipinski definition) is 7. The monoisotopic (exact) mass is 580 g/mol. The third kappa shape index (κ3) is 6.89. The predicted molar refractivity (Wildman–Crippen MR) is 167 cm³/mol. The first kappa shape index (κ1) is 28.5. The van der Waals surface area contributed by atoms with Gasteiger partial charge in [0.1, 0.15) is 18.0 Å². The van der Waals surface area contributed by atoms with E-state index in [0.29, 0.717) is 25.5 Å². The number of rotatable bonds is 11. The number of ether oxygens (including phenoxy) is 1. The molecule has 3 aromatic carbocycles. The molecule has 1 aliphatic rings. The summed E-state index contributed by atoms with van der Waals surface area (Å²) in [6.07, 6.45) is 7.38. The first-order valence-corrected chi connectivity index (χ1v) is 14.4. The average molecular weight is 581 g/mol. The van der Waals surface area contributed by atoms with Gasteiger partial charge in [0.15, 0.2) is 6.21 Å². The number of nitrogens with two attached hydrogens (primary N) is 1. The molecule has 2 aromatic heterocycles. The number of anilines is 3. The van der Waals surface area contributed by atoms with E-state index in [1.807, 2.05) is 30.3 Å². The van der Waals surface area contributed by atoms with E-state index in [1.165, 1.54) is 12.1 Å². The lowest BCUT2D eigenvalue weighted by Gasteiger charge is -2.32. The van der Waals surface area contributed by atoms with Gasteiger partial charge >= 0.3 is 0 Å². The molecular weight excluding hydrogens is 545 g/mol. The molecule has 0 spiro atoms. The SMILES string of the molecule is [NH2+]=Cc1cc(Nc2ncnc3ccc(-c4ccn(CC5CN(CCO)CCO5)c4)cc23)ccc1NCc1cccc(F)c1. The molecule has 43 heavy (non-hydrogen) atoms. The Balaban J connectivity index is 1.18. The summed E-state index contributed by atoms with van der Waals surface area (Å²) in [5, 5.41) is 22.9. The van der Waals surface area contributed by atoms with E-state index in [1.54, 1.807) is 18.6 Å². The zero-order chi connectivity index (χ0) is 29.6. The lowest BCUT2D eigenvalue weighted by Crippen LogP contribution is -2.45. The number of nitrogens with one attached hydrogen (secondary N) is 2. The summed E-state index contributed by atoms with van der Waals surface area (Å²) >= 11 is 0. The first-order chi connectivity index (χ1) is 21.1. The minimum Gasteiger partial charge on any atom is -0.395 e. The third-order valence-electron chi connectivity index (χ3n) is 7.64. The van der Waals surface area contributed by atoms with Crippen LogP contribution in [-0.2, 0) is 17.8 Å². The molecule has 0 amide bonds. The average Bonchev–Trinajstić information content (AvgIpc) is 3.49. The summed E-state index contributed by atoms with van der Waals surface area (Å²) in [5.41, 5.74) is 6.30. The Morgan fingerprint density at radius 2 is 2.00 bits per heavy atom. The zero-order valence-electron chi connectivity index (χ0n) is 23.8. The highest BCUT2D eigenvalue weighted by Gasteiger charge is 2.20. The van der Waals surface area contributed by atoms with E-state index in [4.69, 9.17) is 10.1 Å². The van der Waals surface area contributed by atoms with Crippen molar-refractivity contribution in [3.8, 4) is 11.1 Å². The molecule has 5 N–H and O–H groups in total. The third-order valence-corrected chi connectivity index (χ3v) is 7.64. The van der Waals surface area contributed by atoms with Gasteiger partial charge in [-0.3, -0.25) is 10.3 Å². The minimum absolute atomic E-state index is 0.0833. The molecule has 3 heterocycles. The molecule has 220 valence electrons. The van der Waals surface area contributed by atoms with Crippen LogP contribution in [0.1, 0.15) is 11.1 Å². The fourth-order valence-corrected chi connectivity index (χ4v) is 5.45.